The minimum atomic E-state index is 0.774. The van der Waals surface area contributed by atoms with E-state index in [1.165, 1.54) is 43.7 Å². The third-order valence-electron chi connectivity index (χ3n) is 10.9. The summed E-state index contributed by atoms with van der Waals surface area (Å²) < 4.78 is 17.9. The molecule has 4 heteroatoms. The number of fused-ring (bicyclic) bond motifs is 13. The third-order valence-corrected chi connectivity index (χ3v) is 10.9. The van der Waals surface area contributed by atoms with E-state index in [-0.39, 0.29) is 0 Å². The summed E-state index contributed by atoms with van der Waals surface area (Å²) in [7, 11) is 0. The molecule has 0 fully saturated rings. The van der Waals surface area contributed by atoms with Crippen molar-refractivity contribution >= 4 is 87.5 Å². The van der Waals surface area contributed by atoms with Gasteiger partial charge in [0.2, 0.25) is 0 Å². The topological polar surface area (TPSA) is 36.1 Å². The lowest BCUT2D eigenvalue weighted by molar-refractivity contribution is 0.633. The highest BCUT2D eigenvalue weighted by Crippen LogP contribution is 2.45. The molecule has 0 bridgehead atoms. The average molecular weight is 665 g/mol. The highest BCUT2D eigenvalue weighted by atomic mass is 16.4. The summed E-state index contributed by atoms with van der Waals surface area (Å²) in [5.41, 5.74) is 12.6. The van der Waals surface area contributed by atoms with Crippen LogP contribution in [0, 0.1) is 0 Å². The highest BCUT2D eigenvalue weighted by molar-refractivity contribution is 6.23. The van der Waals surface area contributed by atoms with Crippen molar-refractivity contribution in [1.82, 2.24) is 9.13 Å². The number of para-hydroxylation sites is 5. The van der Waals surface area contributed by atoms with Crippen LogP contribution in [0.15, 0.2) is 179 Å². The number of rotatable bonds is 3. The number of aromatic nitrogens is 2. The Morgan fingerprint density at radius 1 is 0.327 bits per heavy atom. The molecule has 242 valence electrons. The summed E-state index contributed by atoms with van der Waals surface area (Å²) >= 11 is 0. The van der Waals surface area contributed by atoms with Gasteiger partial charge >= 0.3 is 0 Å². The number of hydrogen-bond donors (Lipinski definition) is 0. The number of hydrogen-bond acceptors (Lipinski definition) is 2. The molecule has 0 radical (unpaired) electrons. The van der Waals surface area contributed by atoms with Crippen LogP contribution in [0.4, 0.5) is 0 Å². The van der Waals surface area contributed by atoms with Gasteiger partial charge in [-0.05, 0) is 77.9 Å². The van der Waals surface area contributed by atoms with E-state index in [1.54, 1.807) is 0 Å². The summed E-state index contributed by atoms with van der Waals surface area (Å²) in [6, 6.07) is 60.7. The van der Waals surface area contributed by atoms with Crippen LogP contribution in [0.1, 0.15) is 0 Å². The van der Waals surface area contributed by atoms with Crippen molar-refractivity contribution in [2.75, 3.05) is 0 Å². The van der Waals surface area contributed by atoms with Crippen LogP contribution in [0.25, 0.3) is 110 Å². The van der Waals surface area contributed by atoms with E-state index in [0.717, 1.165) is 66.3 Å². The Morgan fingerprint density at radius 3 is 1.52 bits per heavy atom. The van der Waals surface area contributed by atoms with Gasteiger partial charge in [0.25, 0.3) is 0 Å². The minimum Gasteiger partial charge on any atom is -0.452 e. The van der Waals surface area contributed by atoms with E-state index in [4.69, 9.17) is 8.83 Å². The fraction of sp³-hybridized carbons (Fsp3) is 0. The lowest BCUT2D eigenvalue weighted by Crippen LogP contribution is -1.95. The Balaban J connectivity index is 1.13. The Kier molecular flexibility index (Phi) is 5.47. The molecule has 0 unspecified atom stereocenters. The summed E-state index contributed by atoms with van der Waals surface area (Å²) in [6.07, 6.45) is 0. The van der Waals surface area contributed by atoms with Crippen LogP contribution < -0.4 is 0 Å². The molecule has 4 nitrogen and oxygen atoms in total. The van der Waals surface area contributed by atoms with Gasteiger partial charge in [-0.1, -0.05) is 103 Å². The predicted molar refractivity (Wildman–Crippen MR) is 215 cm³/mol. The van der Waals surface area contributed by atoms with Crippen LogP contribution in [0.3, 0.4) is 0 Å². The zero-order valence-corrected chi connectivity index (χ0v) is 27.9. The van der Waals surface area contributed by atoms with Crippen molar-refractivity contribution in [3.05, 3.63) is 170 Å². The number of furan rings is 2. The van der Waals surface area contributed by atoms with E-state index < -0.39 is 0 Å². The first kappa shape index (κ1) is 27.7. The molecule has 8 aromatic carbocycles. The number of nitrogens with zero attached hydrogens (tertiary/aromatic N) is 2. The second-order valence-corrected chi connectivity index (χ2v) is 13.7. The van der Waals surface area contributed by atoms with Gasteiger partial charge in [0.05, 0.1) is 33.1 Å². The second-order valence-electron chi connectivity index (χ2n) is 13.7. The second kappa shape index (κ2) is 10.3. The van der Waals surface area contributed by atoms with Gasteiger partial charge in [0, 0.05) is 43.4 Å². The monoisotopic (exact) mass is 664 g/mol. The zero-order valence-electron chi connectivity index (χ0n) is 27.9. The van der Waals surface area contributed by atoms with E-state index in [1.807, 2.05) is 24.3 Å². The van der Waals surface area contributed by atoms with Crippen LogP contribution in [0.2, 0.25) is 0 Å². The molecule has 12 rings (SSSR count). The first-order chi connectivity index (χ1) is 25.8. The third kappa shape index (κ3) is 3.70. The molecule has 0 saturated heterocycles. The van der Waals surface area contributed by atoms with Gasteiger partial charge < -0.3 is 18.0 Å². The number of benzene rings is 8. The van der Waals surface area contributed by atoms with E-state index >= 15 is 0 Å². The SMILES string of the molecule is c1ccc(-n2c3ccccc3c3cc(-c4ccc5c(c4)c4ccccc4n5-c4cc5c6ccccc6oc5c5oc6ccccc6c45)ccc32)cc1. The van der Waals surface area contributed by atoms with Crippen molar-refractivity contribution in [2.45, 2.75) is 0 Å². The molecular weight excluding hydrogens is 637 g/mol. The van der Waals surface area contributed by atoms with Crippen LogP contribution in [-0.2, 0) is 0 Å². The fourth-order valence-corrected chi connectivity index (χ4v) is 8.64. The van der Waals surface area contributed by atoms with Crippen molar-refractivity contribution in [3.8, 4) is 22.5 Å². The molecule has 12 aromatic rings. The van der Waals surface area contributed by atoms with Gasteiger partial charge in [-0.15, -0.1) is 0 Å². The molecule has 0 N–H and O–H groups in total. The normalized spacial score (nSPS) is 12.2. The maximum absolute atomic E-state index is 6.62. The lowest BCUT2D eigenvalue weighted by Gasteiger charge is -2.11. The molecule has 0 aliphatic carbocycles. The fourth-order valence-electron chi connectivity index (χ4n) is 8.64. The quantitative estimate of drug-likeness (QED) is 0.188. The molecule has 4 heterocycles. The first-order valence-electron chi connectivity index (χ1n) is 17.7. The van der Waals surface area contributed by atoms with Crippen molar-refractivity contribution in [3.63, 3.8) is 0 Å². The van der Waals surface area contributed by atoms with E-state index in [0.29, 0.717) is 0 Å². The maximum atomic E-state index is 6.62. The van der Waals surface area contributed by atoms with Crippen molar-refractivity contribution < 1.29 is 8.83 Å². The van der Waals surface area contributed by atoms with Crippen LogP contribution in [0.5, 0.6) is 0 Å². The Morgan fingerprint density at radius 2 is 0.827 bits per heavy atom. The standard InChI is InChI=1S/C48H28N2O2/c1-2-12-31(13-3-1)49-39-18-8-4-14-32(39)36-26-29(22-24-41(36)49)30-23-25-42-37(27-30)33-15-5-9-19-40(33)50(42)43-28-38-34-16-6-10-20-44(34)51-47(38)48-46(43)35-17-7-11-21-45(35)52-48/h1-28H. The summed E-state index contributed by atoms with van der Waals surface area (Å²) in [5, 5.41) is 9.15. The average Bonchev–Trinajstić information content (AvgIpc) is 3.95. The molecule has 52 heavy (non-hydrogen) atoms. The smallest absolute Gasteiger partial charge is 0.180 e. The molecular formula is C48H28N2O2. The van der Waals surface area contributed by atoms with Gasteiger partial charge in [0.1, 0.15) is 11.2 Å². The Hall–Kier alpha value is -7.04. The Labute approximate surface area is 296 Å². The molecule has 0 aliphatic rings. The summed E-state index contributed by atoms with van der Waals surface area (Å²) in [5.74, 6) is 0. The lowest BCUT2D eigenvalue weighted by atomic mass is 10.0. The summed E-state index contributed by atoms with van der Waals surface area (Å²) in [6.45, 7) is 0. The molecule has 0 aliphatic heterocycles. The van der Waals surface area contributed by atoms with Gasteiger partial charge in [0.15, 0.2) is 11.2 Å². The minimum absolute atomic E-state index is 0.774. The van der Waals surface area contributed by atoms with Crippen LogP contribution in [-0.4, -0.2) is 9.13 Å². The molecule has 0 spiro atoms. The molecule has 0 atom stereocenters. The van der Waals surface area contributed by atoms with Gasteiger partial charge in [-0.2, -0.15) is 0 Å². The van der Waals surface area contributed by atoms with Gasteiger partial charge in [-0.3, -0.25) is 0 Å². The predicted octanol–water partition coefficient (Wildman–Crippen LogP) is 13.3. The summed E-state index contributed by atoms with van der Waals surface area (Å²) in [4.78, 5) is 0. The molecule has 0 amide bonds. The zero-order chi connectivity index (χ0) is 33.9. The highest BCUT2D eigenvalue weighted by Gasteiger charge is 2.23. The molecule has 4 aromatic heterocycles. The maximum Gasteiger partial charge on any atom is 0.180 e. The first-order valence-corrected chi connectivity index (χ1v) is 17.7. The molecule has 0 saturated carbocycles. The van der Waals surface area contributed by atoms with E-state index in [2.05, 4.69) is 155 Å². The largest absolute Gasteiger partial charge is 0.452 e. The van der Waals surface area contributed by atoms with Crippen molar-refractivity contribution in [1.29, 1.82) is 0 Å². The van der Waals surface area contributed by atoms with E-state index in [9.17, 15) is 0 Å². The van der Waals surface area contributed by atoms with Crippen molar-refractivity contribution in [2.24, 2.45) is 0 Å². The van der Waals surface area contributed by atoms with Crippen LogP contribution >= 0.6 is 0 Å². The van der Waals surface area contributed by atoms with Gasteiger partial charge in [-0.25, -0.2) is 0 Å². The Bertz CT molecular complexity index is 3410.